The van der Waals surface area contributed by atoms with Crippen LogP contribution >= 0.6 is 0 Å². The predicted molar refractivity (Wildman–Crippen MR) is 109 cm³/mol. The quantitative estimate of drug-likeness (QED) is 0.685. The van der Waals surface area contributed by atoms with Gasteiger partial charge in [0.05, 0.1) is 11.6 Å². The summed E-state index contributed by atoms with van der Waals surface area (Å²) in [6.07, 6.45) is 0. The number of aryl methyl sites for hydroxylation is 1. The first-order valence-corrected chi connectivity index (χ1v) is 8.98. The van der Waals surface area contributed by atoms with Gasteiger partial charge in [-0.25, -0.2) is 4.98 Å². The highest BCUT2D eigenvalue weighted by Gasteiger charge is 2.15. The topological polar surface area (TPSA) is 64.8 Å². The molecule has 0 atom stereocenters. The first-order chi connectivity index (χ1) is 13.0. The largest absolute Gasteiger partial charge is 0.350 e. The number of nitrogens with zero attached hydrogens (tertiary/aromatic N) is 4. The molecule has 0 radical (unpaired) electrons. The fourth-order valence-electron chi connectivity index (χ4n) is 2.82. The third-order valence-electron chi connectivity index (χ3n) is 4.22. The molecule has 1 aromatic heterocycles. The fraction of sp³-hybridized carbons (Fsp3) is 0.227. The van der Waals surface area contributed by atoms with Crippen molar-refractivity contribution < 1.29 is 0 Å². The van der Waals surface area contributed by atoms with E-state index in [2.05, 4.69) is 59.4 Å². The van der Waals surface area contributed by atoms with Gasteiger partial charge < -0.3 is 10.2 Å². The summed E-state index contributed by atoms with van der Waals surface area (Å²) in [7, 11) is 0. The zero-order chi connectivity index (χ0) is 19.2. The molecule has 0 amide bonds. The van der Waals surface area contributed by atoms with E-state index in [4.69, 9.17) is 10.2 Å². The van der Waals surface area contributed by atoms with Crippen LogP contribution in [0.5, 0.6) is 0 Å². The zero-order valence-electron chi connectivity index (χ0n) is 15.8. The molecule has 27 heavy (non-hydrogen) atoms. The van der Waals surface area contributed by atoms with Gasteiger partial charge in [0.15, 0.2) is 0 Å². The van der Waals surface area contributed by atoms with E-state index >= 15 is 0 Å². The number of benzene rings is 2. The lowest BCUT2D eigenvalue weighted by molar-refractivity contribution is 0.671. The molecule has 0 spiro atoms. The molecular formula is C22H23N5. The highest BCUT2D eigenvalue weighted by molar-refractivity contribution is 5.57. The standard InChI is InChI=1S/C22H23N5/c1-16(2)27(15-19-7-5-4-6-8-19)21-13-17(3)24-22(26-21)25-20-11-9-18(14-23)10-12-20/h4-13,16H,15H2,1-3H3,(H,24,25,26). The van der Waals surface area contributed by atoms with E-state index in [1.54, 1.807) is 12.1 Å². The maximum atomic E-state index is 8.92. The van der Waals surface area contributed by atoms with Gasteiger partial charge in [0.25, 0.3) is 0 Å². The van der Waals surface area contributed by atoms with Crippen LogP contribution in [0.4, 0.5) is 17.5 Å². The summed E-state index contributed by atoms with van der Waals surface area (Å²) in [5.74, 6) is 1.44. The molecule has 5 nitrogen and oxygen atoms in total. The van der Waals surface area contributed by atoms with Crippen LogP contribution in [-0.2, 0) is 6.54 Å². The van der Waals surface area contributed by atoms with Crippen LogP contribution < -0.4 is 10.2 Å². The number of nitriles is 1. The fourth-order valence-corrected chi connectivity index (χ4v) is 2.82. The Hall–Kier alpha value is -3.39. The summed E-state index contributed by atoms with van der Waals surface area (Å²) in [6.45, 7) is 7.07. The van der Waals surface area contributed by atoms with E-state index in [9.17, 15) is 0 Å². The molecule has 1 N–H and O–H groups in total. The van der Waals surface area contributed by atoms with Crippen molar-refractivity contribution in [1.82, 2.24) is 9.97 Å². The number of nitrogens with one attached hydrogen (secondary N) is 1. The third kappa shape index (κ3) is 4.83. The minimum absolute atomic E-state index is 0.294. The Morgan fingerprint density at radius 3 is 2.37 bits per heavy atom. The normalized spacial score (nSPS) is 10.5. The van der Waals surface area contributed by atoms with Crippen molar-refractivity contribution in [2.24, 2.45) is 0 Å². The number of anilines is 3. The molecule has 0 saturated heterocycles. The lowest BCUT2D eigenvalue weighted by Crippen LogP contribution is -2.31. The van der Waals surface area contributed by atoms with Gasteiger partial charge in [-0.3, -0.25) is 0 Å². The van der Waals surface area contributed by atoms with Crippen molar-refractivity contribution in [1.29, 1.82) is 5.26 Å². The minimum atomic E-state index is 0.294. The Labute approximate surface area is 160 Å². The van der Waals surface area contributed by atoms with Crippen LogP contribution in [-0.4, -0.2) is 16.0 Å². The average molecular weight is 357 g/mol. The molecule has 2 aromatic carbocycles. The Morgan fingerprint density at radius 2 is 1.74 bits per heavy atom. The van der Waals surface area contributed by atoms with Crippen LogP contribution in [0, 0.1) is 18.3 Å². The zero-order valence-corrected chi connectivity index (χ0v) is 15.8. The molecule has 0 aliphatic rings. The maximum absolute atomic E-state index is 8.92. The van der Waals surface area contributed by atoms with Crippen molar-refractivity contribution in [3.8, 4) is 6.07 Å². The Morgan fingerprint density at radius 1 is 1.04 bits per heavy atom. The van der Waals surface area contributed by atoms with Crippen molar-refractivity contribution in [2.45, 2.75) is 33.4 Å². The van der Waals surface area contributed by atoms with Crippen LogP contribution in [0.1, 0.15) is 30.7 Å². The number of hydrogen-bond donors (Lipinski definition) is 1. The SMILES string of the molecule is Cc1cc(N(Cc2ccccc2)C(C)C)nc(Nc2ccc(C#N)cc2)n1. The van der Waals surface area contributed by atoms with Gasteiger partial charge in [-0.05, 0) is 50.6 Å². The Balaban J connectivity index is 1.86. The summed E-state index contributed by atoms with van der Waals surface area (Å²) >= 11 is 0. The van der Waals surface area contributed by atoms with Gasteiger partial charge in [0.2, 0.25) is 5.95 Å². The molecule has 3 rings (SSSR count). The molecule has 0 bridgehead atoms. The second kappa shape index (κ2) is 8.33. The molecular weight excluding hydrogens is 334 g/mol. The number of aromatic nitrogens is 2. The van der Waals surface area contributed by atoms with Crippen molar-refractivity contribution in [2.75, 3.05) is 10.2 Å². The average Bonchev–Trinajstić information content (AvgIpc) is 2.67. The summed E-state index contributed by atoms with van der Waals surface area (Å²) in [5.41, 5.74) is 3.61. The van der Waals surface area contributed by atoms with E-state index in [-0.39, 0.29) is 0 Å². The maximum Gasteiger partial charge on any atom is 0.229 e. The number of hydrogen-bond acceptors (Lipinski definition) is 5. The van der Waals surface area contributed by atoms with E-state index in [0.29, 0.717) is 17.6 Å². The van der Waals surface area contributed by atoms with E-state index < -0.39 is 0 Å². The van der Waals surface area contributed by atoms with Crippen LogP contribution in [0.2, 0.25) is 0 Å². The highest BCUT2D eigenvalue weighted by atomic mass is 15.2. The van der Waals surface area contributed by atoms with E-state index in [0.717, 1.165) is 23.7 Å². The monoisotopic (exact) mass is 357 g/mol. The second-order valence-corrected chi connectivity index (χ2v) is 6.71. The molecule has 3 aromatic rings. The molecule has 5 heteroatoms. The Kier molecular flexibility index (Phi) is 5.68. The van der Waals surface area contributed by atoms with Crippen molar-refractivity contribution in [3.63, 3.8) is 0 Å². The third-order valence-corrected chi connectivity index (χ3v) is 4.22. The van der Waals surface area contributed by atoms with Crippen LogP contribution in [0.3, 0.4) is 0 Å². The molecule has 0 aliphatic heterocycles. The lowest BCUT2D eigenvalue weighted by Gasteiger charge is -2.28. The van der Waals surface area contributed by atoms with Gasteiger partial charge >= 0.3 is 0 Å². The lowest BCUT2D eigenvalue weighted by atomic mass is 10.2. The van der Waals surface area contributed by atoms with Crippen LogP contribution in [0.15, 0.2) is 60.7 Å². The summed E-state index contributed by atoms with van der Waals surface area (Å²) in [6, 6.07) is 22.1. The number of rotatable bonds is 6. The van der Waals surface area contributed by atoms with Crippen molar-refractivity contribution >= 4 is 17.5 Å². The van der Waals surface area contributed by atoms with Gasteiger partial charge in [-0.1, -0.05) is 30.3 Å². The molecule has 0 saturated carbocycles. The van der Waals surface area contributed by atoms with E-state index in [1.807, 2.05) is 31.2 Å². The predicted octanol–water partition coefficient (Wildman–Crippen LogP) is 4.82. The highest BCUT2D eigenvalue weighted by Crippen LogP contribution is 2.22. The van der Waals surface area contributed by atoms with Crippen LogP contribution in [0.25, 0.3) is 0 Å². The summed E-state index contributed by atoms with van der Waals surface area (Å²) in [5, 5.41) is 12.2. The van der Waals surface area contributed by atoms with Gasteiger partial charge in [0, 0.05) is 30.0 Å². The molecule has 1 heterocycles. The summed E-state index contributed by atoms with van der Waals surface area (Å²) in [4.78, 5) is 11.5. The first kappa shape index (κ1) is 18.4. The smallest absolute Gasteiger partial charge is 0.229 e. The minimum Gasteiger partial charge on any atom is -0.350 e. The Bertz CT molecular complexity index is 927. The van der Waals surface area contributed by atoms with Gasteiger partial charge in [-0.2, -0.15) is 10.2 Å². The van der Waals surface area contributed by atoms with Gasteiger partial charge in [-0.15, -0.1) is 0 Å². The van der Waals surface area contributed by atoms with Gasteiger partial charge in [0.1, 0.15) is 5.82 Å². The molecule has 0 fully saturated rings. The second-order valence-electron chi connectivity index (χ2n) is 6.71. The molecule has 0 aliphatic carbocycles. The first-order valence-electron chi connectivity index (χ1n) is 8.98. The van der Waals surface area contributed by atoms with E-state index in [1.165, 1.54) is 5.56 Å². The summed E-state index contributed by atoms with van der Waals surface area (Å²) < 4.78 is 0. The molecule has 0 unspecified atom stereocenters. The molecule has 136 valence electrons. The van der Waals surface area contributed by atoms with Crippen molar-refractivity contribution in [3.05, 3.63) is 77.5 Å².